The number of hydrogen-bond acceptors (Lipinski definition) is 4. The Balaban J connectivity index is 1.85. The summed E-state index contributed by atoms with van der Waals surface area (Å²) in [6.45, 7) is 4.08. The largest absolute Gasteiger partial charge is 0.465 e. The van der Waals surface area contributed by atoms with Gasteiger partial charge in [-0.15, -0.1) is 0 Å². The van der Waals surface area contributed by atoms with Gasteiger partial charge in [-0.05, 0) is 37.9 Å². The molecule has 0 aliphatic carbocycles. The predicted octanol–water partition coefficient (Wildman–Crippen LogP) is 0.912. The summed E-state index contributed by atoms with van der Waals surface area (Å²) in [6.07, 6.45) is 1.32. The first-order chi connectivity index (χ1) is 11.1. The maximum atomic E-state index is 10.6. The Morgan fingerprint density at radius 1 is 1.22 bits per heavy atom. The SMILES string of the molecule is O=C(O)NC[C@@H](O)C(Cc1ccccc1)NCCN1CCCC1. The summed E-state index contributed by atoms with van der Waals surface area (Å²) in [5.74, 6) is 0. The molecular formula is C17H27N3O3. The van der Waals surface area contributed by atoms with E-state index in [1.54, 1.807) is 0 Å². The predicted molar refractivity (Wildman–Crippen MR) is 89.6 cm³/mol. The molecule has 6 heteroatoms. The van der Waals surface area contributed by atoms with Gasteiger partial charge in [-0.25, -0.2) is 4.79 Å². The van der Waals surface area contributed by atoms with Crippen LogP contribution < -0.4 is 10.6 Å². The fourth-order valence-corrected chi connectivity index (χ4v) is 2.96. The van der Waals surface area contributed by atoms with E-state index in [4.69, 9.17) is 5.11 Å². The molecule has 0 spiro atoms. The lowest BCUT2D eigenvalue weighted by atomic mass is 10.0. The average Bonchev–Trinajstić information content (AvgIpc) is 3.06. The van der Waals surface area contributed by atoms with E-state index in [0.717, 1.165) is 31.7 Å². The molecule has 1 aliphatic rings. The van der Waals surface area contributed by atoms with Crippen molar-refractivity contribution in [1.82, 2.24) is 15.5 Å². The summed E-state index contributed by atoms with van der Waals surface area (Å²) in [5.41, 5.74) is 1.13. The molecule has 4 N–H and O–H groups in total. The Bertz CT molecular complexity index is 463. The number of nitrogens with zero attached hydrogens (tertiary/aromatic N) is 1. The maximum absolute atomic E-state index is 10.6. The Morgan fingerprint density at radius 3 is 2.57 bits per heavy atom. The van der Waals surface area contributed by atoms with Crippen molar-refractivity contribution in [1.29, 1.82) is 0 Å². The lowest BCUT2D eigenvalue weighted by molar-refractivity contribution is 0.119. The number of carboxylic acid groups (broad SMARTS) is 1. The Morgan fingerprint density at radius 2 is 1.91 bits per heavy atom. The highest BCUT2D eigenvalue weighted by Crippen LogP contribution is 2.08. The second kappa shape index (κ2) is 9.50. The first-order valence-corrected chi connectivity index (χ1v) is 8.29. The molecule has 1 aromatic carbocycles. The van der Waals surface area contributed by atoms with Crippen LogP contribution in [0.5, 0.6) is 0 Å². The number of likely N-dealkylation sites (tertiary alicyclic amines) is 1. The van der Waals surface area contributed by atoms with Gasteiger partial charge in [0, 0.05) is 25.7 Å². The normalized spacial score (nSPS) is 17.8. The van der Waals surface area contributed by atoms with Crippen molar-refractivity contribution >= 4 is 6.09 Å². The summed E-state index contributed by atoms with van der Waals surface area (Å²) in [4.78, 5) is 13.0. The third-order valence-electron chi connectivity index (χ3n) is 4.26. The van der Waals surface area contributed by atoms with Gasteiger partial charge in [0.15, 0.2) is 0 Å². The van der Waals surface area contributed by atoms with Gasteiger partial charge in [-0.3, -0.25) is 0 Å². The molecule has 0 radical (unpaired) electrons. The van der Waals surface area contributed by atoms with E-state index in [0.29, 0.717) is 6.42 Å². The van der Waals surface area contributed by atoms with Gasteiger partial charge >= 0.3 is 6.09 Å². The number of carbonyl (C=O) groups is 1. The molecule has 1 amide bonds. The van der Waals surface area contributed by atoms with Gasteiger partial charge in [0.1, 0.15) is 0 Å². The molecule has 1 heterocycles. The summed E-state index contributed by atoms with van der Waals surface area (Å²) in [5, 5.41) is 24.7. The van der Waals surface area contributed by atoms with E-state index in [9.17, 15) is 9.90 Å². The highest BCUT2D eigenvalue weighted by Gasteiger charge is 2.20. The van der Waals surface area contributed by atoms with Gasteiger partial charge in [-0.1, -0.05) is 30.3 Å². The van der Waals surface area contributed by atoms with Crippen LogP contribution in [-0.4, -0.2) is 66.1 Å². The zero-order chi connectivity index (χ0) is 16.5. The number of aliphatic hydroxyl groups excluding tert-OH is 1. The van der Waals surface area contributed by atoms with Crippen molar-refractivity contribution in [2.24, 2.45) is 0 Å². The Labute approximate surface area is 137 Å². The van der Waals surface area contributed by atoms with Crippen molar-refractivity contribution in [3.63, 3.8) is 0 Å². The molecule has 1 saturated heterocycles. The van der Waals surface area contributed by atoms with Crippen LogP contribution in [0.15, 0.2) is 30.3 Å². The van der Waals surface area contributed by atoms with E-state index in [-0.39, 0.29) is 12.6 Å². The molecular weight excluding hydrogens is 294 g/mol. The minimum Gasteiger partial charge on any atom is -0.465 e. The van der Waals surface area contributed by atoms with Crippen LogP contribution in [0.4, 0.5) is 4.79 Å². The molecule has 1 fully saturated rings. The molecule has 0 aromatic heterocycles. The number of aliphatic hydroxyl groups is 1. The van der Waals surface area contributed by atoms with Crippen molar-refractivity contribution in [2.45, 2.75) is 31.4 Å². The molecule has 1 unspecified atom stereocenters. The lowest BCUT2D eigenvalue weighted by Gasteiger charge is -2.25. The second-order valence-electron chi connectivity index (χ2n) is 6.05. The number of benzene rings is 1. The number of rotatable bonds is 9. The van der Waals surface area contributed by atoms with Crippen molar-refractivity contribution in [3.8, 4) is 0 Å². The van der Waals surface area contributed by atoms with E-state index in [1.807, 2.05) is 30.3 Å². The van der Waals surface area contributed by atoms with Crippen LogP contribution in [-0.2, 0) is 6.42 Å². The fourth-order valence-electron chi connectivity index (χ4n) is 2.96. The van der Waals surface area contributed by atoms with E-state index in [2.05, 4.69) is 15.5 Å². The Hall–Kier alpha value is -1.63. The first-order valence-electron chi connectivity index (χ1n) is 8.29. The number of hydrogen-bond donors (Lipinski definition) is 4. The van der Waals surface area contributed by atoms with Crippen molar-refractivity contribution < 1.29 is 15.0 Å². The minimum atomic E-state index is -1.11. The molecule has 1 aromatic rings. The molecule has 6 nitrogen and oxygen atoms in total. The van der Waals surface area contributed by atoms with Crippen LogP contribution in [0, 0.1) is 0 Å². The third kappa shape index (κ3) is 6.56. The molecule has 0 saturated carbocycles. The van der Waals surface area contributed by atoms with E-state index in [1.165, 1.54) is 12.8 Å². The average molecular weight is 321 g/mol. The Kier molecular flexibility index (Phi) is 7.32. The highest BCUT2D eigenvalue weighted by molar-refractivity contribution is 5.64. The van der Waals surface area contributed by atoms with Gasteiger partial charge in [0.05, 0.1) is 6.10 Å². The first kappa shape index (κ1) is 17.7. The maximum Gasteiger partial charge on any atom is 0.404 e. The van der Waals surface area contributed by atoms with Crippen LogP contribution in [0.3, 0.4) is 0 Å². The third-order valence-corrected chi connectivity index (χ3v) is 4.26. The van der Waals surface area contributed by atoms with E-state index >= 15 is 0 Å². The van der Waals surface area contributed by atoms with Crippen molar-refractivity contribution in [2.75, 3.05) is 32.7 Å². The molecule has 0 bridgehead atoms. The van der Waals surface area contributed by atoms with E-state index < -0.39 is 12.2 Å². The van der Waals surface area contributed by atoms with Gasteiger partial charge < -0.3 is 25.7 Å². The van der Waals surface area contributed by atoms with Crippen LogP contribution >= 0.6 is 0 Å². The quantitative estimate of drug-likeness (QED) is 0.543. The second-order valence-corrected chi connectivity index (χ2v) is 6.05. The van der Waals surface area contributed by atoms with Crippen LogP contribution in [0.1, 0.15) is 18.4 Å². The molecule has 2 atom stereocenters. The number of amides is 1. The lowest BCUT2D eigenvalue weighted by Crippen LogP contribution is -2.49. The zero-order valence-electron chi connectivity index (χ0n) is 13.4. The molecule has 23 heavy (non-hydrogen) atoms. The topological polar surface area (TPSA) is 84.8 Å². The summed E-state index contributed by atoms with van der Waals surface area (Å²) in [6, 6.07) is 9.77. The van der Waals surface area contributed by atoms with Crippen LogP contribution in [0.2, 0.25) is 0 Å². The standard InChI is InChI=1S/C17H27N3O3/c21-16(13-19-17(22)23)15(12-14-6-2-1-3-7-14)18-8-11-20-9-4-5-10-20/h1-3,6-7,15-16,18-19,21H,4-5,8-13H2,(H,22,23)/t15?,16-/m1/s1. The number of nitrogens with one attached hydrogen (secondary N) is 2. The smallest absolute Gasteiger partial charge is 0.404 e. The van der Waals surface area contributed by atoms with Crippen LogP contribution in [0.25, 0.3) is 0 Å². The fraction of sp³-hybridized carbons (Fsp3) is 0.588. The summed E-state index contributed by atoms with van der Waals surface area (Å²) < 4.78 is 0. The molecule has 2 rings (SSSR count). The summed E-state index contributed by atoms with van der Waals surface area (Å²) in [7, 11) is 0. The van der Waals surface area contributed by atoms with Crippen molar-refractivity contribution in [3.05, 3.63) is 35.9 Å². The molecule has 128 valence electrons. The molecule has 1 aliphatic heterocycles. The monoisotopic (exact) mass is 321 g/mol. The van der Waals surface area contributed by atoms with Gasteiger partial charge in [-0.2, -0.15) is 0 Å². The summed E-state index contributed by atoms with van der Waals surface area (Å²) >= 11 is 0. The minimum absolute atomic E-state index is 0.0313. The highest BCUT2D eigenvalue weighted by atomic mass is 16.4. The zero-order valence-corrected chi connectivity index (χ0v) is 13.4. The van der Waals surface area contributed by atoms with Gasteiger partial charge in [0.25, 0.3) is 0 Å². The van der Waals surface area contributed by atoms with Gasteiger partial charge in [0.2, 0.25) is 0 Å².